The molecule has 0 bridgehead atoms. The molecular weight excluding hydrogens is 232 g/mol. The molecule has 1 aliphatic carbocycles. The third kappa shape index (κ3) is 3.32. The van der Waals surface area contributed by atoms with Gasteiger partial charge in [0.15, 0.2) is 0 Å². The van der Waals surface area contributed by atoms with Gasteiger partial charge in [0, 0.05) is 23.7 Å². The Labute approximate surface area is 115 Å². The van der Waals surface area contributed by atoms with Gasteiger partial charge in [-0.25, -0.2) is 0 Å². The highest BCUT2D eigenvalue weighted by Crippen LogP contribution is 2.33. The quantitative estimate of drug-likeness (QED) is 0.877. The topological polar surface area (TPSA) is 24.9 Å². The molecule has 1 aromatic heterocycles. The third-order valence-corrected chi connectivity index (χ3v) is 3.93. The van der Waals surface area contributed by atoms with Crippen LogP contribution in [0.2, 0.25) is 0 Å². The third-order valence-electron chi connectivity index (χ3n) is 3.93. The largest absolute Gasteiger partial charge is 0.310 e. The number of pyridine rings is 1. The maximum Gasteiger partial charge on any atom is 0.0705 e. The fourth-order valence-corrected chi connectivity index (χ4v) is 2.62. The van der Waals surface area contributed by atoms with Crippen molar-refractivity contribution in [3.63, 3.8) is 0 Å². The molecule has 1 atom stereocenters. The van der Waals surface area contributed by atoms with E-state index in [1.54, 1.807) is 0 Å². The highest BCUT2D eigenvalue weighted by atomic mass is 14.9. The van der Waals surface area contributed by atoms with Crippen LogP contribution in [-0.4, -0.2) is 11.0 Å². The lowest BCUT2D eigenvalue weighted by atomic mass is 10.1. The molecule has 0 saturated heterocycles. The van der Waals surface area contributed by atoms with E-state index >= 15 is 0 Å². The molecule has 3 rings (SSSR count). The van der Waals surface area contributed by atoms with Gasteiger partial charge in [-0.2, -0.15) is 0 Å². The van der Waals surface area contributed by atoms with Crippen molar-refractivity contribution >= 4 is 10.9 Å². The van der Waals surface area contributed by atoms with E-state index in [2.05, 4.69) is 47.6 Å². The summed E-state index contributed by atoms with van der Waals surface area (Å²) in [5, 5.41) is 4.86. The molecule has 1 N–H and O–H groups in total. The number of nitrogens with one attached hydrogen (secondary N) is 1. The van der Waals surface area contributed by atoms with E-state index in [9.17, 15) is 0 Å². The molecular formula is C17H22N2. The van der Waals surface area contributed by atoms with Crippen LogP contribution in [0.3, 0.4) is 0 Å². The van der Waals surface area contributed by atoms with Crippen LogP contribution in [0.15, 0.2) is 30.3 Å². The Bertz CT molecular complexity index is 572. The van der Waals surface area contributed by atoms with Crippen LogP contribution in [0, 0.1) is 12.8 Å². The average Bonchev–Trinajstić information content (AvgIpc) is 3.20. The zero-order valence-electron chi connectivity index (χ0n) is 11.8. The van der Waals surface area contributed by atoms with Gasteiger partial charge in [0.25, 0.3) is 0 Å². The smallest absolute Gasteiger partial charge is 0.0705 e. The van der Waals surface area contributed by atoms with E-state index in [-0.39, 0.29) is 0 Å². The Kier molecular flexibility index (Phi) is 3.52. The van der Waals surface area contributed by atoms with Crippen LogP contribution >= 0.6 is 0 Å². The van der Waals surface area contributed by atoms with Gasteiger partial charge in [-0.05, 0) is 49.9 Å². The van der Waals surface area contributed by atoms with Crippen LogP contribution in [-0.2, 0) is 6.54 Å². The predicted octanol–water partition coefficient (Wildman–Crippen LogP) is 3.82. The number of hydrogen-bond acceptors (Lipinski definition) is 2. The highest BCUT2D eigenvalue weighted by molar-refractivity contribution is 5.79. The number of fused-ring (bicyclic) bond motifs is 1. The fraction of sp³-hybridized carbons (Fsp3) is 0.471. The van der Waals surface area contributed by atoms with E-state index in [0.29, 0.717) is 6.04 Å². The van der Waals surface area contributed by atoms with Gasteiger partial charge in [-0.15, -0.1) is 0 Å². The van der Waals surface area contributed by atoms with E-state index in [4.69, 9.17) is 0 Å². The van der Waals surface area contributed by atoms with Gasteiger partial charge in [0.2, 0.25) is 0 Å². The monoisotopic (exact) mass is 254 g/mol. The molecule has 1 heterocycles. The Morgan fingerprint density at radius 3 is 2.89 bits per heavy atom. The van der Waals surface area contributed by atoms with Crippen molar-refractivity contribution < 1.29 is 0 Å². The second-order valence-corrected chi connectivity index (χ2v) is 5.94. The van der Waals surface area contributed by atoms with Crippen molar-refractivity contribution in [3.8, 4) is 0 Å². The van der Waals surface area contributed by atoms with Gasteiger partial charge >= 0.3 is 0 Å². The number of aromatic nitrogens is 1. The molecule has 2 aromatic rings. The standard InChI is InChI=1S/C17H22N2/c1-12-3-7-16-10-15(6-8-17(16)19-12)11-18-13(2)9-14-4-5-14/h3,6-8,10,13-14,18H,4-5,9,11H2,1-2H3. The van der Waals surface area contributed by atoms with Crippen molar-refractivity contribution in [3.05, 3.63) is 41.6 Å². The molecule has 100 valence electrons. The molecule has 0 spiro atoms. The summed E-state index contributed by atoms with van der Waals surface area (Å²) >= 11 is 0. The normalized spacial score (nSPS) is 16.7. The van der Waals surface area contributed by atoms with E-state index in [1.165, 1.54) is 30.2 Å². The maximum atomic E-state index is 4.54. The summed E-state index contributed by atoms with van der Waals surface area (Å²) in [7, 11) is 0. The number of aryl methyl sites for hydroxylation is 1. The first-order valence-electron chi connectivity index (χ1n) is 7.30. The van der Waals surface area contributed by atoms with Crippen LogP contribution < -0.4 is 5.32 Å². The highest BCUT2D eigenvalue weighted by Gasteiger charge is 2.23. The second kappa shape index (κ2) is 5.30. The molecule has 1 saturated carbocycles. The SMILES string of the molecule is Cc1ccc2cc(CNC(C)CC3CC3)ccc2n1. The Balaban J connectivity index is 1.65. The predicted molar refractivity (Wildman–Crippen MR) is 80.1 cm³/mol. The van der Waals surface area contributed by atoms with Gasteiger partial charge in [-0.3, -0.25) is 4.98 Å². The summed E-state index contributed by atoms with van der Waals surface area (Å²) in [6.45, 7) is 5.29. The Morgan fingerprint density at radius 1 is 1.26 bits per heavy atom. The van der Waals surface area contributed by atoms with Gasteiger partial charge in [-0.1, -0.05) is 25.0 Å². The number of rotatable bonds is 5. The summed E-state index contributed by atoms with van der Waals surface area (Å²) in [4.78, 5) is 4.54. The number of nitrogens with zero attached hydrogens (tertiary/aromatic N) is 1. The van der Waals surface area contributed by atoms with Crippen LogP contribution in [0.1, 0.15) is 37.4 Å². The van der Waals surface area contributed by atoms with E-state index in [1.807, 2.05) is 6.92 Å². The van der Waals surface area contributed by atoms with Crippen molar-refractivity contribution in [1.82, 2.24) is 10.3 Å². The summed E-state index contributed by atoms with van der Waals surface area (Å²) in [5.74, 6) is 0.992. The molecule has 1 unspecified atom stereocenters. The summed E-state index contributed by atoms with van der Waals surface area (Å²) in [6, 6.07) is 11.4. The summed E-state index contributed by atoms with van der Waals surface area (Å²) in [5.41, 5.74) is 3.52. The summed E-state index contributed by atoms with van der Waals surface area (Å²) in [6.07, 6.45) is 4.20. The van der Waals surface area contributed by atoms with Crippen molar-refractivity contribution in [2.75, 3.05) is 0 Å². The first-order chi connectivity index (χ1) is 9.20. The lowest BCUT2D eigenvalue weighted by Crippen LogP contribution is -2.25. The lowest BCUT2D eigenvalue weighted by molar-refractivity contribution is 0.488. The molecule has 0 radical (unpaired) electrons. The number of benzene rings is 1. The zero-order valence-corrected chi connectivity index (χ0v) is 11.8. The van der Waals surface area contributed by atoms with E-state index < -0.39 is 0 Å². The minimum absolute atomic E-state index is 0.624. The lowest BCUT2D eigenvalue weighted by Gasteiger charge is -2.13. The second-order valence-electron chi connectivity index (χ2n) is 5.94. The fourth-order valence-electron chi connectivity index (χ4n) is 2.62. The van der Waals surface area contributed by atoms with Crippen molar-refractivity contribution in [2.45, 2.75) is 45.7 Å². The molecule has 1 aliphatic rings. The van der Waals surface area contributed by atoms with Gasteiger partial charge in [0.05, 0.1) is 5.52 Å². The van der Waals surface area contributed by atoms with Crippen LogP contribution in [0.4, 0.5) is 0 Å². The number of hydrogen-bond donors (Lipinski definition) is 1. The molecule has 0 amide bonds. The zero-order chi connectivity index (χ0) is 13.2. The maximum absolute atomic E-state index is 4.54. The Hall–Kier alpha value is -1.41. The molecule has 2 nitrogen and oxygen atoms in total. The van der Waals surface area contributed by atoms with Crippen molar-refractivity contribution in [1.29, 1.82) is 0 Å². The van der Waals surface area contributed by atoms with Crippen LogP contribution in [0.5, 0.6) is 0 Å². The molecule has 1 aromatic carbocycles. The first-order valence-corrected chi connectivity index (χ1v) is 7.30. The minimum Gasteiger partial charge on any atom is -0.310 e. The molecule has 0 aliphatic heterocycles. The molecule has 1 fully saturated rings. The van der Waals surface area contributed by atoms with E-state index in [0.717, 1.165) is 23.7 Å². The summed E-state index contributed by atoms with van der Waals surface area (Å²) < 4.78 is 0. The van der Waals surface area contributed by atoms with Gasteiger partial charge in [0.1, 0.15) is 0 Å². The van der Waals surface area contributed by atoms with Gasteiger partial charge < -0.3 is 5.32 Å². The van der Waals surface area contributed by atoms with Crippen molar-refractivity contribution in [2.24, 2.45) is 5.92 Å². The average molecular weight is 254 g/mol. The minimum atomic E-state index is 0.624. The molecule has 19 heavy (non-hydrogen) atoms. The van der Waals surface area contributed by atoms with Crippen LogP contribution in [0.25, 0.3) is 10.9 Å². The molecule has 2 heteroatoms. The Morgan fingerprint density at radius 2 is 2.11 bits per heavy atom. The first kappa shape index (κ1) is 12.6.